The highest BCUT2D eigenvalue weighted by molar-refractivity contribution is 5.73. The first-order valence-electron chi connectivity index (χ1n) is 5.99. The molecule has 94 valence electrons. The molecule has 1 rings (SSSR count). The largest absolute Gasteiger partial charge is 0.494 e. The molecule has 0 aromatic heterocycles. The Morgan fingerprint density at radius 1 is 1.18 bits per heavy atom. The molecule has 0 bridgehead atoms. The zero-order valence-electron chi connectivity index (χ0n) is 10.5. The van der Waals surface area contributed by atoms with Crippen molar-refractivity contribution >= 4 is 6.03 Å². The maximum atomic E-state index is 11.3. The van der Waals surface area contributed by atoms with Crippen LogP contribution in [0.3, 0.4) is 0 Å². The second-order valence-electron chi connectivity index (χ2n) is 3.69. The molecule has 4 nitrogen and oxygen atoms in total. The number of carbonyl (C=O) groups is 1. The lowest BCUT2D eigenvalue weighted by Crippen LogP contribution is -2.35. The van der Waals surface area contributed by atoms with E-state index in [1.165, 1.54) is 0 Å². The van der Waals surface area contributed by atoms with Crippen LogP contribution in [0.5, 0.6) is 5.75 Å². The fourth-order valence-corrected chi connectivity index (χ4v) is 1.35. The van der Waals surface area contributed by atoms with Crippen LogP contribution in [-0.2, 0) is 6.54 Å². The van der Waals surface area contributed by atoms with Gasteiger partial charge < -0.3 is 15.4 Å². The van der Waals surface area contributed by atoms with Gasteiger partial charge in [0.1, 0.15) is 5.75 Å². The summed E-state index contributed by atoms with van der Waals surface area (Å²) in [6.07, 6.45) is 0.941. The molecular weight excluding hydrogens is 216 g/mol. The quantitative estimate of drug-likeness (QED) is 0.796. The summed E-state index contributed by atoms with van der Waals surface area (Å²) in [6.45, 7) is 5.87. The third kappa shape index (κ3) is 5.24. The second kappa shape index (κ2) is 7.54. The van der Waals surface area contributed by atoms with Crippen LogP contribution < -0.4 is 15.4 Å². The molecule has 0 heterocycles. The fourth-order valence-electron chi connectivity index (χ4n) is 1.35. The van der Waals surface area contributed by atoms with Gasteiger partial charge in [-0.15, -0.1) is 0 Å². The zero-order valence-corrected chi connectivity index (χ0v) is 10.5. The average Bonchev–Trinajstić information content (AvgIpc) is 2.36. The summed E-state index contributed by atoms with van der Waals surface area (Å²) in [6, 6.07) is 7.59. The lowest BCUT2D eigenvalue weighted by Gasteiger charge is -2.07. The molecule has 0 saturated carbocycles. The van der Waals surface area contributed by atoms with Gasteiger partial charge in [-0.1, -0.05) is 19.1 Å². The van der Waals surface area contributed by atoms with Gasteiger partial charge in [-0.25, -0.2) is 4.79 Å². The molecular formula is C13H20N2O2. The van der Waals surface area contributed by atoms with E-state index in [-0.39, 0.29) is 6.03 Å². The minimum atomic E-state index is -0.124. The van der Waals surface area contributed by atoms with Crippen LogP contribution in [0.15, 0.2) is 24.3 Å². The number of hydrogen-bond donors (Lipinski definition) is 2. The summed E-state index contributed by atoms with van der Waals surface area (Å²) in [5, 5.41) is 5.55. The van der Waals surface area contributed by atoms with E-state index in [4.69, 9.17) is 4.74 Å². The van der Waals surface area contributed by atoms with E-state index in [0.717, 1.165) is 17.7 Å². The average molecular weight is 236 g/mol. The molecule has 0 aliphatic heterocycles. The molecule has 0 radical (unpaired) electrons. The Hall–Kier alpha value is -1.71. The minimum Gasteiger partial charge on any atom is -0.494 e. The molecule has 0 unspecified atom stereocenters. The molecule has 0 atom stereocenters. The highest BCUT2D eigenvalue weighted by atomic mass is 16.5. The summed E-state index contributed by atoms with van der Waals surface area (Å²) in [7, 11) is 0. The number of nitrogens with one attached hydrogen (secondary N) is 2. The van der Waals surface area contributed by atoms with Crippen molar-refractivity contribution in [3.8, 4) is 5.75 Å². The number of carbonyl (C=O) groups excluding carboxylic acids is 1. The van der Waals surface area contributed by atoms with E-state index in [1.807, 2.05) is 38.1 Å². The lowest BCUT2D eigenvalue weighted by atomic mass is 10.2. The zero-order chi connectivity index (χ0) is 12.5. The number of ether oxygens (including phenoxy) is 1. The number of benzene rings is 1. The van der Waals surface area contributed by atoms with Crippen molar-refractivity contribution in [2.75, 3.05) is 13.2 Å². The second-order valence-corrected chi connectivity index (χ2v) is 3.69. The highest BCUT2D eigenvalue weighted by Gasteiger charge is 1.99. The fraction of sp³-hybridized carbons (Fsp3) is 0.462. The van der Waals surface area contributed by atoms with Crippen molar-refractivity contribution in [1.82, 2.24) is 10.6 Å². The van der Waals surface area contributed by atoms with Crippen LogP contribution in [0, 0.1) is 0 Å². The normalized spacial score (nSPS) is 9.76. The van der Waals surface area contributed by atoms with Crippen molar-refractivity contribution < 1.29 is 9.53 Å². The van der Waals surface area contributed by atoms with Gasteiger partial charge in [0.05, 0.1) is 6.61 Å². The van der Waals surface area contributed by atoms with E-state index in [2.05, 4.69) is 10.6 Å². The van der Waals surface area contributed by atoms with Crippen LogP contribution in [0.25, 0.3) is 0 Å². The van der Waals surface area contributed by atoms with Gasteiger partial charge >= 0.3 is 6.03 Å². The van der Waals surface area contributed by atoms with Gasteiger partial charge in [-0.05, 0) is 31.0 Å². The predicted molar refractivity (Wildman–Crippen MR) is 68.1 cm³/mol. The van der Waals surface area contributed by atoms with Crippen LogP contribution in [0.1, 0.15) is 25.8 Å². The van der Waals surface area contributed by atoms with Gasteiger partial charge in [-0.2, -0.15) is 0 Å². The number of hydrogen-bond acceptors (Lipinski definition) is 2. The first kappa shape index (κ1) is 13.4. The van der Waals surface area contributed by atoms with E-state index < -0.39 is 0 Å². The molecule has 4 heteroatoms. The van der Waals surface area contributed by atoms with Gasteiger partial charge in [-0.3, -0.25) is 0 Å². The maximum absolute atomic E-state index is 11.3. The van der Waals surface area contributed by atoms with Crippen LogP contribution in [-0.4, -0.2) is 19.2 Å². The van der Waals surface area contributed by atoms with E-state index >= 15 is 0 Å². The van der Waals surface area contributed by atoms with Gasteiger partial charge in [0.2, 0.25) is 0 Å². The maximum Gasteiger partial charge on any atom is 0.315 e. The summed E-state index contributed by atoms with van der Waals surface area (Å²) < 4.78 is 5.34. The molecule has 1 aromatic rings. The molecule has 0 aliphatic carbocycles. The summed E-state index contributed by atoms with van der Waals surface area (Å²) in [5.41, 5.74) is 1.06. The Kier molecular flexibility index (Phi) is 5.93. The minimum absolute atomic E-state index is 0.124. The topological polar surface area (TPSA) is 50.4 Å². The number of amides is 2. The van der Waals surface area contributed by atoms with Crippen LogP contribution in [0.2, 0.25) is 0 Å². The summed E-state index contributed by atoms with van der Waals surface area (Å²) >= 11 is 0. The summed E-state index contributed by atoms with van der Waals surface area (Å²) in [4.78, 5) is 11.3. The third-order valence-corrected chi connectivity index (χ3v) is 2.22. The lowest BCUT2D eigenvalue weighted by molar-refractivity contribution is 0.240. The third-order valence-electron chi connectivity index (χ3n) is 2.22. The van der Waals surface area contributed by atoms with E-state index in [9.17, 15) is 4.79 Å². The Morgan fingerprint density at radius 3 is 2.47 bits per heavy atom. The van der Waals surface area contributed by atoms with E-state index in [0.29, 0.717) is 19.7 Å². The SMILES string of the molecule is CCCNC(=O)NCc1ccc(OCC)cc1. The Balaban J connectivity index is 2.34. The predicted octanol–water partition coefficient (Wildman–Crippen LogP) is 2.29. The van der Waals surface area contributed by atoms with Gasteiger partial charge in [0.25, 0.3) is 0 Å². The molecule has 0 aliphatic rings. The summed E-state index contributed by atoms with van der Waals surface area (Å²) in [5.74, 6) is 0.853. The highest BCUT2D eigenvalue weighted by Crippen LogP contribution is 2.11. The number of rotatable bonds is 6. The molecule has 1 aromatic carbocycles. The molecule has 2 amide bonds. The Morgan fingerprint density at radius 2 is 1.88 bits per heavy atom. The monoisotopic (exact) mass is 236 g/mol. The van der Waals surface area contributed by atoms with Crippen molar-refractivity contribution in [2.24, 2.45) is 0 Å². The van der Waals surface area contributed by atoms with Crippen molar-refractivity contribution in [2.45, 2.75) is 26.8 Å². The van der Waals surface area contributed by atoms with Crippen molar-refractivity contribution in [3.63, 3.8) is 0 Å². The van der Waals surface area contributed by atoms with Crippen molar-refractivity contribution in [1.29, 1.82) is 0 Å². The molecule has 17 heavy (non-hydrogen) atoms. The van der Waals surface area contributed by atoms with Crippen LogP contribution >= 0.6 is 0 Å². The first-order valence-corrected chi connectivity index (χ1v) is 5.99. The first-order chi connectivity index (χ1) is 8.26. The van der Waals surface area contributed by atoms with E-state index in [1.54, 1.807) is 0 Å². The number of urea groups is 1. The molecule has 2 N–H and O–H groups in total. The van der Waals surface area contributed by atoms with Gasteiger partial charge in [0.15, 0.2) is 0 Å². The Labute approximate surface area is 102 Å². The Bertz CT molecular complexity index is 336. The smallest absolute Gasteiger partial charge is 0.315 e. The molecule has 0 spiro atoms. The molecule has 0 fully saturated rings. The van der Waals surface area contributed by atoms with Crippen LogP contribution in [0.4, 0.5) is 4.79 Å². The van der Waals surface area contributed by atoms with Gasteiger partial charge in [0, 0.05) is 13.1 Å². The standard InChI is InChI=1S/C13H20N2O2/c1-3-9-14-13(16)15-10-11-5-7-12(8-6-11)17-4-2/h5-8H,3-4,9-10H2,1-2H3,(H2,14,15,16). The molecule has 0 saturated heterocycles. The van der Waals surface area contributed by atoms with Crippen molar-refractivity contribution in [3.05, 3.63) is 29.8 Å².